The van der Waals surface area contributed by atoms with Gasteiger partial charge in [-0.1, -0.05) is 24.3 Å². The molecule has 1 N–H and O–H groups in total. The Morgan fingerprint density at radius 2 is 2.05 bits per heavy atom. The van der Waals surface area contributed by atoms with Crippen molar-refractivity contribution in [2.75, 3.05) is 11.9 Å². The van der Waals surface area contributed by atoms with Crippen LogP contribution in [0.5, 0.6) is 0 Å². The molecule has 1 aromatic carbocycles. The van der Waals surface area contributed by atoms with Crippen LogP contribution < -0.4 is 5.32 Å². The Balaban J connectivity index is 1.69. The minimum atomic E-state index is 0.455. The summed E-state index contributed by atoms with van der Waals surface area (Å²) < 4.78 is 5.61. The van der Waals surface area contributed by atoms with Crippen molar-refractivity contribution < 1.29 is 4.74 Å². The van der Waals surface area contributed by atoms with Gasteiger partial charge >= 0.3 is 0 Å². The summed E-state index contributed by atoms with van der Waals surface area (Å²) in [5.74, 6) is 0. The molecule has 0 spiro atoms. The van der Waals surface area contributed by atoms with E-state index in [4.69, 9.17) is 4.74 Å². The van der Waals surface area contributed by atoms with E-state index in [2.05, 4.69) is 54.0 Å². The summed E-state index contributed by atoms with van der Waals surface area (Å²) in [6.45, 7) is 2.88. The summed E-state index contributed by atoms with van der Waals surface area (Å²) in [6.07, 6.45) is 2.69. The summed E-state index contributed by atoms with van der Waals surface area (Å²) in [7, 11) is 0. The summed E-state index contributed by atoms with van der Waals surface area (Å²) >= 11 is 1.79. The van der Waals surface area contributed by atoms with E-state index in [9.17, 15) is 0 Å². The molecule has 3 heteroatoms. The second-order valence-electron chi connectivity index (χ2n) is 4.91. The van der Waals surface area contributed by atoms with E-state index >= 15 is 0 Å². The minimum Gasteiger partial charge on any atom is -0.382 e. The predicted molar refractivity (Wildman–Crippen MR) is 81.8 cm³/mol. The number of rotatable bonds is 5. The van der Waals surface area contributed by atoms with Gasteiger partial charge in [-0.3, -0.25) is 0 Å². The molecule has 1 fully saturated rings. The fraction of sp³-hybridized carbons (Fsp3) is 0.375. The number of para-hydroxylation sites is 1. The van der Waals surface area contributed by atoms with Crippen LogP contribution in [0.15, 0.2) is 41.8 Å². The number of benzene rings is 1. The maximum absolute atomic E-state index is 5.61. The van der Waals surface area contributed by atoms with Crippen LogP contribution in [0.3, 0.4) is 0 Å². The molecule has 2 aromatic rings. The predicted octanol–water partition coefficient (Wildman–Crippen LogP) is 4.39. The van der Waals surface area contributed by atoms with Gasteiger partial charge in [-0.2, -0.15) is 0 Å². The lowest BCUT2D eigenvalue weighted by molar-refractivity contribution is 0.00300. The second-order valence-corrected chi connectivity index (χ2v) is 5.86. The molecule has 3 rings (SSSR count). The van der Waals surface area contributed by atoms with Gasteiger partial charge in [0.2, 0.25) is 0 Å². The molecule has 1 aliphatic rings. The summed E-state index contributed by atoms with van der Waals surface area (Å²) in [5.41, 5.74) is 2.54. The second kappa shape index (κ2) is 5.76. The summed E-state index contributed by atoms with van der Waals surface area (Å²) in [5, 5.41) is 5.78. The number of thiophene rings is 1. The molecule has 0 saturated heterocycles. The van der Waals surface area contributed by atoms with E-state index in [0.29, 0.717) is 12.1 Å². The highest BCUT2D eigenvalue weighted by Gasteiger charge is 2.29. The molecule has 1 aromatic heterocycles. The molecule has 0 atom stereocenters. The zero-order valence-electron chi connectivity index (χ0n) is 11.1. The van der Waals surface area contributed by atoms with Crippen molar-refractivity contribution in [2.45, 2.75) is 31.9 Å². The number of nitrogens with one attached hydrogen (secondary N) is 1. The van der Waals surface area contributed by atoms with Crippen molar-refractivity contribution in [1.29, 1.82) is 0 Å². The molecule has 0 aliphatic heterocycles. The first-order chi connectivity index (χ1) is 9.36. The minimum absolute atomic E-state index is 0.455. The lowest BCUT2D eigenvalue weighted by Gasteiger charge is -2.36. The zero-order valence-corrected chi connectivity index (χ0v) is 12.0. The maximum Gasteiger partial charge on any atom is 0.0614 e. The van der Waals surface area contributed by atoms with Crippen LogP contribution in [0.2, 0.25) is 0 Å². The Bertz CT molecular complexity index is 517. The van der Waals surface area contributed by atoms with Gasteiger partial charge in [0.1, 0.15) is 0 Å². The van der Waals surface area contributed by atoms with Crippen LogP contribution in [0.25, 0.3) is 10.4 Å². The molecule has 0 amide bonds. The lowest BCUT2D eigenvalue weighted by Crippen LogP contribution is -2.40. The SMILES string of the molecule is CCOC1CC(Nc2ccccc2-c2cccs2)C1. The molecule has 19 heavy (non-hydrogen) atoms. The third-order valence-electron chi connectivity index (χ3n) is 3.57. The Morgan fingerprint density at radius 3 is 2.79 bits per heavy atom. The van der Waals surface area contributed by atoms with E-state index in [1.54, 1.807) is 11.3 Å². The molecule has 2 nitrogen and oxygen atoms in total. The topological polar surface area (TPSA) is 21.3 Å². The molecule has 1 heterocycles. The molecule has 0 unspecified atom stereocenters. The van der Waals surface area contributed by atoms with Crippen LogP contribution in [0, 0.1) is 0 Å². The fourth-order valence-electron chi connectivity index (χ4n) is 2.53. The zero-order chi connectivity index (χ0) is 13.1. The van der Waals surface area contributed by atoms with Crippen LogP contribution in [0.1, 0.15) is 19.8 Å². The quantitative estimate of drug-likeness (QED) is 0.872. The van der Waals surface area contributed by atoms with Gasteiger partial charge in [-0.05, 0) is 37.3 Å². The molecule has 100 valence electrons. The highest BCUT2D eigenvalue weighted by Crippen LogP contribution is 2.34. The maximum atomic E-state index is 5.61. The van der Waals surface area contributed by atoms with Gasteiger partial charge in [-0.15, -0.1) is 11.3 Å². The average molecular weight is 273 g/mol. The largest absolute Gasteiger partial charge is 0.382 e. The summed E-state index contributed by atoms with van der Waals surface area (Å²) in [4.78, 5) is 1.32. The van der Waals surface area contributed by atoms with Crippen molar-refractivity contribution in [3.8, 4) is 10.4 Å². The Labute approximate surface area is 118 Å². The molecular formula is C16H19NOS. The van der Waals surface area contributed by atoms with Gasteiger partial charge in [0.05, 0.1) is 6.10 Å². The van der Waals surface area contributed by atoms with Gasteiger partial charge in [0, 0.05) is 28.8 Å². The molecule has 0 bridgehead atoms. The molecule has 1 aliphatic carbocycles. The Kier molecular flexibility index (Phi) is 3.85. The van der Waals surface area contributed by atoms with Crippen molar-refractivity contribution in [3.63, 3.8) is 0 Å². The highest BCUT2D eigenvalue weighted by atomic mass is 32.1. The van der Waals surface area contributed by atoms with Gasteiger partial charge in [0.25, 0.3) is 0 Å². The van der Waals surface area contributed by atoms with E-state index in [1.165, 1.54) is 16.1 Å². The van der Waals surface area contributed by atoms with Crippen molar-refractivity contribution in [3.05, 3.63) is 41.8 Å². The third kappa shape index (κ3) is 2.82. The van der Waals surface area contributed by atoms with E-state index in [1.807, 2.05) is 0 Å². The van der Waals surface area contributed by atoms with Gasteiger partial charge < -0.3 is 10.1 Å². The summed E-state index contributed by atoms with van der Waals surface area (Å²) in [6, 6.07) is 13.4. The van der Waals surface area contributed by atoms with Crippen LogP contribution in [0.4, 0.5) is 5.69 Å². The highest BCUT2D eigenvalue weighted by molar-refractivity contribution is 7.13. The van der Waals surface area contributed by atoms with Crippen LogP contribution in [-0.4, -0.2) is 18.8 Å². The first-order valence-electron chi connectivity index (χ1n) is 6.88. The Hall–Kier alpha value is -1.32. The standard InChI is InChI=1S/C16H19NOS/c1-2-18-13-10-12(11-13)17-15-7-4-3-6-14(15)16-8-5-9-19-16/h3-9,12-13,17H,2,10-11H2,1H3. The van der Waals surface area contributed by atoms with Gasteiger partial charge in [0.15, 0.2) is 0 Å². The van der Waals surface area contributed by atoms with Crippen molar-refractivity contribution in [2.24, 2.45) is 0 Å². The lowest BCUT2D eigenvalue weighted by atomic mass is 9.88. The van der Waals surface area contributed by atoms with E-state index < -0.39 is 0 Å². The van der Waals surface area contributed by atoms with E-state index in [-0.39, 0.29) is 0 Å². The first kappa shape index (κ1) is 12.7. The first-order valence-corrected chi connectivity index (χ1v) is 7.76. The average Bonchev–Trinajstić information content (AvgIpc) is 2.91. The van der Waals surface area contributed by atoms with Crippen LogP contribution in [-0.2, 0) is 4.74 Å². The number of anilines is 1. The van der Waals surface area contributed by atoms with Crippen LogP contribution >= 0.6 is 11.3 Å². The van der Waals surface area contributed by atoms with Gasteiger partial charge in [-0.25, -0.2) is 0 Å². The number of ether oxygens (including phenoxy) is 1. The Morgan fingerprint density at radius 1 is 1.21 bits per heavy atom. The third-order valence-corrected chi connectivity index (χ3v) is 4.47. The van der Waals surface area contributed by atoms with Crippen molar-refractivity contribution in [1.82, 2.24) is 0 Å². The molecular weight excluding hydrogens is 254 g/mol. The van der Waals surface area contributed by atoms with E-state index in [0.717, 1.165) is 19.4 Å². The number of hydrogen-bond donors (Lipinski definition) is 1. The fourth-order valence-corrected chi connectivity index (χ4v) is 3.30. The van der Waals surface area contributed by atoms with Crippen molar-refractivity contribution >= 4 is 17.0 Å². The molecule has 0 radical (unpaired) electrons. The smallest absolute Gasteiger partial charge is 0.0614 e. The molecule has 1 saturated carbocycles. The monoisotopic (exact) mass is 273 g/mol. The number of hydrogen-bond acceptors (Lipinski definition) is 3. The normalized spacial score (nSPS) is 21.9.